The number of carbonyl (C=O) groups is 1. The fourth-order valence-corrected chi connectivity index (χ4v) is 4.46. The highest BCUT2D eigenvalue weighted by Crippen LogP contribution is 2.28. The maximum atomic E-state index is 12.9. The van der Waals surface area contributed by atoms with Crippen LogP contribution in [-0.2, 0) is 4.79 Å². The van der Waals surface area contributed by atoms with Gasteiger partial charge in [0, 0.05) is 19.1 Å². The highest BCUT2D eigenvalue weighted by atomic mass is 16.2. The van der Waals surface area contributed by atoms with Gasteiger partial charge in [0.25, 0.3) is 0 Å². The number of carbonyl (C=O) groups excluding carboxylic acids is 1. The second-order valence-electron chi connectivity index (χ2n) is 7.09. The van der Waals surface area contributed by atoms with Crippen LogP contribution in [0.2, 0.25) is 0 Å². The Kier molecular flexibility index (Phi) is 4.85. The predicted molar refractivity (Wildman–Crippen MR) is 85.3 cm³/mol. The van der Waals surface area contributed by atoms with Crippen molar-refractivity contribution in [1.29, 1.82) is 0 Å². The molecule has 3 rings (SSSR count). The van der Waals surface area contributed by atoms with Gasteiger partial charge in [-0.25, -0.2) is 0 Å². The summed E-state index contributed by atoms with van der Waals surface area (Å²) in [6.07, 6.45) is 9.57. The van der Waals surface area contributed by atoms with Crippen LogP contribution in [0.1, 0.15) is 58.3 Å². The number of piperidine rings is 2. The van der Waals surface area contributed by atoms with Gasteiger partial charge in [-0.05, 0) is 64.6 Å². The third-order valence-corrected chi connectivity index (χ3v) is 5.92. The van der Waals surface area contributed by atoms with Gasteiger partial charge >= 0.3 is 0 Å². The van der Waals surface area contributed by atoms with Crippen molar-refractivity contribution in [3.63, 3.8) is 0 Å². The Bertz CT molecular complexity index is 351. The van der Waals surface area contributed by atoms with Gasteiger partial charge in [0.05, 0.1) is 5.54 Å². The molecule has 3 aliphatic heterocycles. The maximum absolute atomic E-state index is 12.9. The normalized spacial score (nSPS) is 32.5. The minimum atomic E-state index is -0.238. The van der Waals surface area contributed by atoms with Crippen LogP contribution < -0.4 is 5.32 Å². The molecule has 0 radical (unpaired) electrons. The number of likely N-dealkylation sites (tertiary alicyclic amines) is 2. The van der Waals surface area contributed by atoms with Gasteiger partial charge in [-0.15, -0.1) is 0 Å². The monoisotopic (exact) mass is 293 g/mol. The third-order valence-electron chi connectivity index (χ3n) is 5.92. The minimum absolute atomic E-state index is 0.238. The van der Waals surface area contributed by atoms with Gasteiger partial charge in [-0.3, -0.25) is 4.79 Å². The van der Waals surface area contributed by atoms with E-state index < -0.39 is 0 Å². The van der Waals surface area contributed by atoms with Gasteiger partial charge in [0.15, 0.2) is 0 Å². The van der Waals surface area contributed by atoms with E-state index in [2.05, 4.69) is 22.0 Å². The summed E-state index contributed by atoms with van der Waals surface area (Å²) >= 11 is 0. The molecule has 3 saturated heterocycles. The number of nitrogens with one attached hydrogen (secondary N) is 1. The molecule has 0 spiro atoms. The standard InChI is InChI=1S/C17H31N3O/c1-2-17(9-6-10-18-17)16(21)20-13-7-15(8-14-20)19-11-4-3-5-12-19/h15,18H,2-14H2,1H3. The summed E-state index contributed by atoms with van der Waals surface area (Å²) in [6.45, 7) is 7.63. The molecule has 3 heterocycles. The fraction of sp³-hybridized carbons (Fsp3) is 0.941. The average Bonchev–Trinajstić information content (AvgIpc) is 3.05. The molecular formula is C17H31N3O. The number of amides is 1. The summed E-state index contributed by atoms with van der Waals surface area (Å²) in [7, 11) is 0. The Balaban J connectivity index is 1.54. The van der Waals surface area contributed by atoms with Crippen LogP contribution in [0.15, 0.2) is 0 Å². The molecule has 21 heavy (non-hydrogen) atoms. The molecule has 120 valence electrons. The molecular weight excluding hydrogens is 262 g/mol. The first-order chi connectivity index (χ1) is 10.2. The summed E-state index contributed by atoms with van der Waals surface area (Å²) in [5.74, 6) is 0.375. The van der Waals surface area contributed by atoms with Crippen LogP contribution in [0.3, 0.4) is 0 Å². The van der Waals surface area contributed by atoms with Crippen molar-refractivity contribution in [3.05, 3.63) is 0 Å². The smallest absolute Gasteiger partial charge is 0.242 e. The average molecular weight is 293 g/mol. The van der Waals surface area contributed by atoms with Gasteiger partial charge in [0.1, 0.15) is 0 Å². The van der Waals surface area contributed by atoms with Crippen molar-refractivity contribution in [3.8, 4) is 0 Å². The highest BCUT2D eigenvalue weighted by Gasteiger charge is 2.42. The van der Waals surface area contributed by atoms with E-state index in [9.17, 15) is 4.79 Å². The Morgan fingerprint density at radius 2 is 1.81 bits per heavy atom. The molecule has 3 fully saturated rings. The van der Waals surface area contributed by atoms with Crippen LogP contribution in [0.4, 0.5) is 0 Å². The molecule has 4 heteroatoms. The topological polar surface area (TPSA) is 35.6 Å². The molecule has 0 aromatic rings. The predicted octanol–water partition coefficient (Wildman–Crippen LogP) is 2.00. The van der Waals surface area contributed by atoms with Crippen molar-refractivity contribution in [2.45, 2.75) is 69.9 Å². The van der Waals surface area contributed by atoms with E-state index in [1.165, 1.54) is 45.2 Å². The lowest BCUT2D eigenvalue weighted by molar-refractivity contribution is -0.139. The van der Waals surface area contributed by atoms with E-state index in [-0.39, 0.29) is 5.54 Å². The molecule has 1 N–H and O–H groups in total. The quantitative estimate of drug-likeness (QED) is 0.864. The summed E-state index contributed by atoms with van der Waals surface area (Å²) in [4.78, 5) is 17.7. The molecule has 4 nitrogen and oxygen atoms in total. The minimum Gasteiger partial charge on any atom is -0.341 e. The summed E-state index contributed by atoms with van der Waals surface area (Å²) in [5, 5.41) is 3.49. The van der Waals surface area contributed by atoms with Crippen molar-refractivity contribution < 1.29 is 4.79 Å². The number of rotatable bonds is 3. The molecule has 1 atom stereocenters. The molecule has 0 bridgehead atoms. The third kappa shape index (κ3) is 3.11. The largest absolute Gasteiger partial charge is 0.341 e. The molecule has 1 unspecified atom stereocenters. The van der Waals surface area contributed by atoms with Crippen LogP contribution in [0.5, 0.6) is 0 Å². The number of nitrogens with zero attached hydrogens (tertiary/aromatic N) is 2. The van der Waals surface area contributed by atoms with Gasteiger partial charge < -0.3 is 15.1 Å². The summed E-state index contributed by atoms with van der Waals surface area (Å²) in [5.41, 5.74) is -0.238. The summed E-state index contributed by atoms with van der Waals surface area (Å²) in [6, 6.07) is 0.725. The summed E-state index contributed by atoms with van der Waals surface area (Å²) < 4.78 is 0. The van der Waals surface area contributed by atoms with E-state index in [1.54, 1.807) is 0 Å². The molecule has 0 aliphatic carbocycles. The van der Waals surface area contributed by atoms with E-state index >= 15 is 0 Å². The number of hydrogen-bond donors (Lipinski definition) is 1. The first-order valence-corrected chi connectivity index (χ1v) is 9.04. The lowest BCUT2D eigenvalue weighted by Crippen LogP contribution is -2.57. The first-order valence-electron chi connectivity index (χ1n) is 9.04. The van der Waals surface area contributed by atoms with E-state index in [0.717, 1.165) is 44.9 Å². The van der Waals surface area contributed by atoms with Gasteiger partial charge in [-0.1, -0.05) is 13.3 Å². The van der Waals surface area contributed by atoms with E-state index in [1.807, 2.05) is 0 Å². The molecule has 3 aliphatic rings. The van der Waals surface area contributed by atoms with Gasteiger partial charge in [0.2, 0.25) is 5.91 Å². The van der Waals surface area contributed by atoms with Crippen LogP contribution in [0, 0.1) is 0 Å². The number of hydrogen-bond acceptors (Lipinski definition) is 3. The highest BCUT2D eigenvalue weighted by molar-refractivity contribution is 5.86. The van der Waals surface area contributed by atoms with Crippen molar-refractivity contribution in [2.75, 3.05) is 32.7 Å². The lowest BCUT2D eigenvalue weighted by Gasteiger charge is -2.42. The molecule has 0 aromatic carbocycles. The zero-order valence-electron chi connectivity index (χ0n) is 13.6. The van der Waals surface area contributed by atoms with Crippen LogP contribution in [-0.4, -0.2) is 60.0 Å². The first kappa shape index (κ1) is 15.3. The molecule has 0 aromatic heterocycles. The second kappa shape index (κ2) is 6.66. The maximum Gasteiger partial charge on any atom is 0.242 e. The van der Waals surface area contributed by atoms with Gasteiger partial charge in [-0.2, -0.15) is 0 Å². The fourth-order valence-electron chi connectivity index (χ4n) is 4.46. The zero-order chi connectivity index (χ0) is 14.7. The van der Waals surface area contributed by atoms with E-state index in [4.69, 9.17) is 0 Å². The van der Waals surface area contributed by atoms with Crippen molar-refractivity contribution >= 4 is 5.91 Å². The Morgan fingerprint density at radius 1 is 1.10 bits per heavy atom. The second-order valence-corrected chi connectivity index (χ2v) is 7.09. The van der Waals surface area contributed by atoms with Crippen LogP contribution >= 0.6 is 0 Å². The van der Waals surface area contributed by atoms with Crippen molar-refractivity contribution in [1.82, 2.24) is 15.1 Å². The van der Waals surface area contributed by atoms with E-state index in [0.29, 0.717) is 5.91 Å². The Morgan fingerprint density at radius 3 is 2.38 bits per heavy atom. The van der Waals surface area contributed by atoms with Crippen LogP contribution in [0.25, 0.3) is 0 Å². The SMILES string of the molecule is CCC1(C(=O)N2CCC(N3CCCCC3)CC2)CCCN1. The lowest BCUT2D eigenvalue weighted by atomic mass is 9.90. The Hall–Kier alpha value is -0.610. The molecule has 1 amide bonds. The molecule has 0 saturated carbocycles. The zero-order valence-corrected chi connectivity index (χ0v) is 13.6. The Labute approximate surface area is 129 Å². The van der Waals surface area contributed by atoms with Crippen molar-refractivity contribution in [2.24, 2.45) is 0 Å².